The highest BCUT2D eigenvalue weighted by atomic mass is 16.5. The lowest BCUT2D eigenvalue weighted by Crippen LogP contribution is -2.55. The molecule has 0 aromatic carbocycles. The van der Waals surface area contributed by atoms with E-state index < -0.39 is 0 Å². The van der Waals surface area contributed by atoms with Crippen molar-refractivity contribution < 1.29 is 14.3 Å². The van der Waals surface area contributed by atoms with Crippen molar-refractivity contribution in [3.8, 4) is 0 Å². The molecule has 1 aliphatic rings. The SMILES string of the molecule is CCOC(=O)CC1NC(C)(C)CC(C)O1. The molecule has 1 heterocycles. The summed E-state index contributed by atoms with van der Waals surface area (Å²) in [7, 11) is 0. The van der Waals surface area contributed by atoms with Gasteiger partial charge in [0.05, 0.1) is 19.1 Å². The molecule has 1 aliphatic heterocycles. The van der Waals surface area contributed by atoms with Crippen LogP contribution in [0.2, 0.25) is 0 Å². The largest absolute Gasteiger partial charge is 0.466 e. The highest BCUT2D eigenvalue weighted by molar-refractivity contribution is 5.69. The van der Waals surface area contributed by atoms with Gasteiger partial charge in [0.15, 0.2) is 0 Å². The molecular weight excluding hydrogens is 194 g/mol. The number of carbonyl (C=O) groups is 1. The highest BCUT2D eigenvalue weighted by Gasteiger charge is 2.32. The Morgan fingerprint density at radius 2 is 2.27 bits per heavy atom. The molecule has 0 saturated carbocycles. The Labute approximate surface area is 91.3 Å². The summed E-state index contributed by atoms with van der Waals surface area (Å²) in [5.41, 5.74) is 0.0226. The van der Waals surface area contributed by atoms with Gasteiger partial charge in [-0.05, 0) is 34.1 Å². The zero-order chi connectivity index (χ0) is 11.5. The lowest BCUT2D eigenvalue weighted by Gasteiger charge is -2.40. The summed E-state index contributed by atoms with van der Waals surface area (Å²) >= 11 is 0. The summed E-state index contributed by atoms with van der Waals surface area (Å²) in [4.78, 5) is 11.3. The Bertz CT molecular complexity index is 228. The fourth-order valence-corrected chi connectivity index (χ4v) is 2.05. The molecule has 0 aliphatic carbocycles. The summed E-state index contributed by atoms with van der Waals surface area (Å²) in [5, 5.41) is 3.29. The second-order valence-electron chi connectivity index (χ2n) is 4.68. The Morgan fingerprint density at radius 3 is 2.80 bits per heavy atom. The topological polar surface area (TPSA) is 47.6 Å². The summed E-state index contributed by atoms with van der Waals surface area (Å²) in [5.74, 6) is -0.208. The van der Waals surface area contributed by atoms with Crippen LogP contribution in [-0.4, -0.2) is 30.4 Å². The molecule has 4 nitrogen and oxygen atoms in total. The van der Waals surface area contributed by atoms with E-state index in [9.17, 15) is 4.79 Å². The molecule has 15 heavy (non-hydrogen) atoms. The number of ether oxygens (including phenoxy) is 2. The zero-order valence-corrected chi connectivity index (χ0v) is 10.0. The van der Waals surface area contributed by atoms with Gasteiger partial charge < -0.3 is 9.47 Å². The first-order valence-corrected chi connectivity index (χ1v) is 5.52. The van der Waals surface area contributed by atoms with Crippen LogP contribution in [0.15, 0.2) is 0 Å². The van der Waals surface area contributed by atoms with Crippen LogP contribution in [0, 0.1) is 0 Å². The van der Waals surface area contributed by atoms with E-state index in [0.29, 0.717) is 6.61 Å². The molecule has 0 radical (unpaired) electrons. The molecule has 0 amide bonds. The second-order valence-corrected chi connectivity index (χ2v) is 4.68. The number of rotatable bonds is 3. The lowest BCUT2D eigenvalue weighted by molar-refractivity contribution is -0.152. The molecule has 4 heteroatoms. The van der Waals surface area contributed by atoms with Crippen molar-refractivity contribution in [1.29, 1.82) is 0 Å². The molecule has 2 atom stereocenters. The molecule has 0 aromatic rings. The van der Waals surface area contributed by atoms with Gasteiger partial charge in [0.1, 0.15) is 6.23 Å². The Balaban J connectivity index is 2.45. The first kappa shape index (κ1) is 12.5. The molecule has 0 aromatic heterocycles. The van der Waals surface area contributed by atoms with Crippen LogP contribution in [-0.2, 0) is 14.3 Å². The van der Waals surface area contributed by atoms with Crippen molar-refractivity contribution >= 4 is 5.97 Å². The van der Waals surface area contributed by atoms with Gasteiger partial charge in [0.25, 0.3) is 0 Å². The van der Waals surface area contributed by atoms with Crippen LogP contribution in [0.1, 0.15) is 40.5 Å². The molecule has 0 spiro atoms. The van der Waals surface area contributed by atoms with Gasteiger partial charge in [-0.1, -0.05) is 0 Å². The van der Waals surface area contributed by atoms with Gasteiger partial charge in [0, 0.05) is 5.54 Å². The van der Waals surface area contributed by atoms with Crippen LogP contribution in [0.4, 0.5) is 0 Å². The van der Waals surface area contributed by atoms with Crippen molar-refractivity contribution in [2.24, 2.45) is 0 Å². The summed E-state index contributed by atoms with van der Waals surface area (Å²) < 4.78 is 10.5. The third-order valence-corrected chi connectivity index (χ3v) is 2.40. The first-order valence-electron chi connectivity index (χ1n) is 5.52. The summed E-state index contributed by atoms with van der Waals surface area (Å²) in [6, 6.07) is 0. The fraction of sp³-hybridized carbons (Fsp3) is 0.909. The maximum Gasteiger partial charge on any atom is 0.309 e. The minimum Gasteiger partial charge on any atom is -0.466 e. The fourth-order valence-electron chi connectivity index (χ4n) is 2.05. The summed E-state index contributed by atoms with van der Waals surface area (Å²) in [6.07, 6.45) is 1.19. The lowest BCUT2D eigenvalue weighted by atomic mass is 9.95. The Kier molecular flexibility index (Phi) is 4.11. The van der Waals surface area contributed by atoms with Crippen molar-refractivity contribution in [2.45, 2.75) is 58.4 Å². The molecule has 0 bridgehead atoms. The average Bonchev–Trinajstić information content (AvgIpc) is 1.99. The van der Waals surface area contributed by atoms with Crippen molar-refractivity contribution in [3.05, 3.63) is 0 Å². The van der Waals surface area contributed by atoms with Gasteiger partial charge >= 0.3 is 5.97 Å². The summed E-state index contributed by atoms with van der Waals surface area (Å²) in [6.45, 7) is 8.49. The third-order valence-electron chi connectivity index (χ3n) is 2.40. The van der Waals surface area contributed by atoms with E-state index in [1.54, 1.807) is 6.92 Å². The standard InChI is InChI=1S/C11H21NO3/c1-5-14-10(13)6-9-12-11(3,4)7-8(2)15-9/h8-9,12H,5-7H2,1-4H3. The van der Waals surface area contributed by atoms with Crippen LogP contribution < -0.4 is 5.32 Å². The Hall–Kier alpha value is -0.610. The Morgan fingerprint density at radius 1 is 1.60 bits per heavy atom. The van der Waals surface area contributed by atoms with Crippen LogP contribution in [0.5, 0.6) is 0 Å². The molecular formula is C11H21NO3. The van der Waals surface area contributed by atoms with E-state index in [0.717, 1.165) is 6.42 Å². The van der Waals surface area contributed by atoms with Crippen molar-refractivity contribution in [1.82, 2.24) is 5.32 Å². The number of esters is 1. The van der Waals surface area contributed by atoms with Crippen LogP contribution in [0.3, 0.4) is 0 Å². The average molecular weight is 215 g/mol. The van der Waals surface area contributed by atoms with Crippen molar-refractivity contribution in [3.63, 3.8) is 0 Å². The van der Waals surface area contributed by atoms with Gasteiger partial charge in [-0.3, -0.25) is 10.1 Å². The third kappa shape index (κ3) is 4.18. The van der Waals surface area contributed by atoms with Crippen molar-refractivity contribution in [2.75, 3.05) is 6.61 Å². The minimum absolute atomic E-state index is 0.0226. The monoisotopic (exact) mass is 215 g/mol. The van der Waals surface area contributed by atoms with E-state index in [2.05, 4.69) is 19.2 Å². The predicted molar refractivity (Wildman–Crippen MR) is 57.4 cm³/mol. The van der Waals surface area contributed by atoms with Crippen LogP contribution in [0.25, 0.3) is 0 Å². The van der Waals surface area contributed by atoms with E-state index in [1.165, 1.54) is 0 Å². The molecule has 88 valence electrons. The number of nitrogens with one attached hydrogen (secondary N) is 1. The van der Waals surface area contributed by atoms with Gasteiger partial charge in [-0.25, -0.2) is 0 Å². The quantitative estimate of drug-likeness (QED) is 0.724. The van der Waals surface area contributed by atoms with Gasteiger partial charge in [0.2, 0.25) is 0 Å². The van der Waals surface area contributed by atoms with Gasteiger partial charge in [-0.15, -0.1) is 0 Å². The van der Waals surface area contributed by atoms with Crippen LogP contribution >= 0.6 is 0 Å². The zero-order valence-electron chi connectivity index (χ0n) is 10.0. The van der Waals surface area contributed by atoms with E-state index in [4.69, 9.17) is 9.47 Å². The maximum atomic E-state index is 11.3. The molecule has 1 fully saturated rings. The smallest absolute Gasteiger partial charge is 0.309 e. The molecule has 1 N–H and O–H groups in total. The molecule has 2 unspecified atom stereocenters. The number of carbonyl (C=O) groups excluding carboxylic acids is 1. The second kappa shape index (κ2) is 4.94. The predicted octanol–water partition coefficient (Wildman–Crippen LogP) is 1.44. The van der Waals surface area contributed by atoms with Gasteiger partial charge in [-0.2, -0.15) is 0 Å². The minimum atomic E-state index is -0.220. The highest BCUT2D eigenvalue weighted by Crippen LogP contribution is 2.22. The maximum absolute atomic E-state index is 11.3. The first-order chi connectivity index (χ1) is 6.93. The van der Waals surface area contributed by atoms with E-state index >= 15 is 0 Å². The van der Waals surface area contributed by atoms with E-state index in [-0.39, 0.29) is 30.3 Å². The molecule has 1 saturated heterocycles. The molecule has 1 rings (SSSR count). The number of hydrogen-bond donors (Lipinski definition) is 1. The normalized spacial score (nSPS) is 29.9. The van der Waals surface area contributed by atoms with E-state index in [1.807, 2.05) is 6.92 Å². The number of hydrogen-bond acceptors (Lipinski definition) is 4.